The van der Waals surface area contributed by atoms with E-state index in [1.807, 2.05) is 0 Å². The van der Waals surface area contributed by atoms with Crippen molar-refractivity contribution in [2.24, 2.45) is 23.0 Å². The highest BCUT2D eigenvalue weighted by Gasteiger charge is 2.34. The smallest absolute Gasteiger partial charge is 0.0622 e. The lowest BCUT2D eigenvalue weighted by Gasteiger charge is -2.41. The lowest BCUT2D eigenvalue weighted by Crippen LogP contribution is -2.40. The average molecular weight is 255 g/mol. The molecule has 0 aliphatic heterocycles. The van der Waals surface area contributed by atoms with Crippen LogP contribution in [0.5, 0.6) is 0 Å². The molecule has 2 N–H and O–H groups in total. The fourth-order valence-corrected chi connectivity index (χ4v) is 3.04. The molecular formula is C16H33NO. The van der Waals surface area contributed by atoms with E-state index in [-0.39, 0.29) is 5.60 Å². The van der Waals surface area contributed by atoms with Gasteiger partial charge in [0.1, 0.15) is 0 Å². The summed E-state index contributed by atoms with van der Waals surface area (Å²) in [6, 6.07) is 0.399. The van der Waals surface area contributed by atoms with Gasteiger partial charge in [-0.3, -0.25) is 0 Å². The third-order valence-corrected chi connectivity index (χ3v) is 4.94. The molecule has 1 saturated carbocycles. The topological polar surface area (TPSA) is 35.2 Å². The fraction of sp³-hybridized carbons (Fsp3) is 1.00. The molecule has 1 aliphatic rings. The Balaban J connectivity index is 2.53. The molecule has 1 fully saturated rings. The third kappa shape index (κ3) is 4.55. The van der Waals surface area contributed by atoms with Crippen LogP contribution in [0.25, 0.3) is 0 Å². The van der Waals surface area contributed by atoms with E-state index in [4.69, 9.17) is 10.5 Å². The highest BCUT2D eigenvalue weighted by atomic mass is 16.5. The van der Waals surface area contributed by atoms with Crippen molar-refractivity contribution in [3.05, 3.63) is 0 Å². The van der Waals surface area contributed by atoms with Crippen LogP contribution in [0.3, 0.4) is 0 Å². The first-order valence-corrected chi connectivity index (χ1v) is 7.46. The van der Waals surface area contributed by atoms with E-state index < -0.39 is 0 Å². The normalized spacial score (nSPS) is 30.5. The molecule has 1 aliphatic carbocycles. The van der Waals surface area contributed by atoms with E-state index in [0.29, 0.717) is 17.4 Å². The van der Waals surface area contributed by atoms with Crippen LogP contribution in [0.1, 0.15) is 66.7 Å². The summed E-state index contributed by atoms with van der Waals surface area (Å²) in [6.07, 6.45) is 6.10. The minimum absolute atomic E-state index is 0.00556. The second kappa shape index (κ2) is 5.92. The SMILES string of the molecule is COC(C)(C)CCC1CC(C(C)(C)C)CCC1N. The molecule has 2 heteroatoms. The second-order valence-corrected chi connectivity index (χ2v) is 7.80. The van der Waals surface area contributed by atoms with Crippen LogP contribution < -0.4 is 5.73 Å². The van der Waals surface area contributed by atoms with Crippen molar-refractivity contribution in [3.63, 3.8) is 0 Å². The highest BCUT2D eigenvalue weighted by molar-refractivity contribution is 4.88. The summed E-state index contributed by atoms with van der Waals surface area (Å²) in [7, 11) is 1.80. The van der Waals surface area contributed by atoms with E-state index in [9.17, 15) is 0 Å². The molecule has 0 aromatic rings. The van der Waals surface area contributed by atoms with Crippen molar-refractivity contribution in [2.45, 2.75) is 78.4 Å². The molecule has 1 rings (SSSR count). The first-order chi connectivity index (χ1) is 8.15. The maximum Gasteiger partial charge on any atom is 0.0622 e. The second-order valence-electron chi connectivity index (χ2n) is 7.80. The van der Waals surface area contributed by atoms with Crippen molar-refractivity contribution < 1.29 is 4.74 Å². The van der Waals surface area contributed by atoms with Gasteiger partial charge >= 0.3 is 0 Å². The van der Waals surface area contributed by atoms with Gasteiger partial charge in [-0.25, -0.2) is 0 Å². The van der Waals surface area contributed by atoms with Crippen molar-refractivity contribution >= 4 is 0 Å². The van der Waals surface area contributed by atoms with Crippen LogP contribution in [0, 0.1) is 17.3 Å². The zero-order chi connectivity index (χ0) is 14.0. The molecule has 0 saturated heterocycles. The monoisotopic (exact) mass is 255 g/mol. The molecule has 2 nitrogen and oxygen atoms in total. The Morgan fingerprint density at radius 3 is 2.22 bits per heavy atom. The molecule has 0 aromatic heterocycles. The maximum atomic E-state index is 6.31. The Morgan fingerprint density at radius 2 is 1.72 bits per heavy atom. The van der Waals surface area contributed by atoms with Crippen LogP contribution in [-0.2, 0) is 4.74 Å². The van der Waals surface area contributed by atoms with Crippen LogP contribution in [-0.4, -0.2) is 18.8 Å². The molecule has 108 valence electrons. The summed E-state index contributed by atoms with van der Waals surface area (Å²) >= 11 is 0. The van der Waals surface area contributed by atoms with Crippen LogP contribution in [0.15, 0.2) is 0 Å². The first kappa shape index (κ1) is 16.0. The summed E-state index contributed by atoms with van der Waals surface area (Å²) in [6.45, 7) is 11.4. The minimum Gasteiger partial charge on any atom is -0.379 e. The summed E-state index contributed by atoms with van der Waals surface area (Å²) in [5.41, 5.74) is 6.73. The molecule has 18 heavy (non-hydrogen) atoms. The zero-order valence-corrected chi connectivity index (χ0v) is 13.3. The molecule has 0 aromatic carbocycles. The van der Waals surface area contributed by atoms with E-state index in [2.05, 4.69) is 34.6 Å². The molecule has 0 amide bonds. The van der Waals surface area contributed by atoms with Crippen molar-refractivity contribution in [1.29, 1.82) is 0 Å². The van der Waals surface area contributed by atoms with Crippen molar-refractivity contribution in [3.8, 4) is 0 Å². The molecule has 3 atom stereocenters. The zero-order valence-electron chi connectivity index (χ0n) is 13.3. The van der Waals surface area contributed by atoms with Gasteiger partial charge in [0.2, 0.25) is 0 Å². The summed E-state index contributed by atoms with van der Waals surface area (Å²) in [5.74, 6) is 1.50. The maximum absolute atomic E-state index is 6.31. The predicted molar refractivity (Wildman–Crippen MR) is 78.6 cm³/mol. The van der Waals surface area contributed by atoms with Gasteiger partial charge in [-0.1, -0.05) is 20.8 Å². The molecule has 0 bridgehead atoms. The Morgan fingerprint density at radius 1 is 1.11 bits per heavy atom. The van der Waals surface area contributed by atoms with Gasteiger partial charge < -0.3 is 10.5 Å². The molecule has 0 radical (unpaired) electrons. The van der Waals surface area contributed by atoms with Gasteiger partial charge in [-0.05, 0) is 63.2 Å². The Bertz CT molecular complexity index is 254. The molecular weight excluding hydrogens is 222 g/mol. The number of hydrogen-bond donors (Lipinski definition) is 1. The molecule has 0 spiro atoms. The lowest BCUT2D eigenvalue weighted by atomic mass is 9.66. The van der Waals surface area contributed by atoms with Crippen molar-refractivity contribution in [2.75, 3.05) is 7.11 Å². The third-order valence-electron chi connectivity index (χ3n) is 4.94. The Kier molecular flexibility index (Phi) is 5.25. The van der Waals surface area contributed by atoms with Gasteiger partial charge in [-0.2, -0.15) is 0 Å². The molecule has 3 unspecified atom stereocenters. The van der Waals surface area contributed by atoms with Gasteiger partial charge in [0, 0.05) is 13.2 Å². The van der Waals surface area contributed by atoms with E-state index >= 15 is 0 Å². The van der Waals surface area contributed by atoms with Crippen LogP contribution >= 0.6 is 0 Å². The molecule has 0 heterocycles. The van der Waals surface area contributed by atoms with E-state index in [0.717, 1.165) is 12.3 Å². The minimum atomic E-state index is -0.00556. The largest absolute Gasteiger partial charge is 0.379 e. The number of nitrogens with two attached hydrogens (primary N) is 1. The standard InChI is InChI=1S/C16H33NO/c1-15(2,3)13-7-8-14(17)12(11-13)9-10-16(4,5)18-6/h12-14H,7-11,17H2,1-6H3. The number of hydrogen-bond acceptors (Lipinski definition) is 2. The summed E-state index contributed by atoms with van der Waals surface area (Å²) in [4.78, 5) is 0. The summed E-state index contributed by atoms with van der Waals surface area (Å²) in [5, 5.41) is 0. The Hall–Kier alpha value is -0.0800. The average Bonchev–Trinajstić information content (AvgIpc) is 2.26. The van der Waals surface area contributed by atoms with E-state index in [1.54, 1.807) is 7.11 Å². The van der Waals surface area contributed by atoms with Gasteiger partial charge in [0.05, 0.1) is 5.60 Å². The lowest BCUT2D eigenvalue weighted by molar-refractivity contribution is 0.00508. The van der Waals surface area contributed by atoms with Gasteiger partial charge in [0.25, 0.3) is 0 Å². The highest BCUT2D eigenvalue weighted by Crippen LogP contribution is 2.41. The Labute approximate surface area is 114 Å². The predicted octanol–water partition coefficient (Wildman–Crippen LogP) is 3.98. The summed E-state index contributed by atoms with van der Waals surface area (Å²) < 4.78 is 5.52. The number of ether oxygens (including phenoxy) is 1. The number of rotatable bonds is 4. The quantitative estimate of drug-likeness (QED) is 0.824. The van der Waals surface area contributed by atoms with Gasteiger partial charge in [0.15, 0.2) is 0 Å². The van der Waals surface area contributed by atoms with Gasteiger partial charge in [-0.15, -0.1) is 0 Å². The first-order valence-electron chi connectivity index (χ1n) is 7.46. The van der Waals surface area contributed by atoms with Crippen molar-refractivity contribution in [1.82, 2.24) is 0 Å². The number of methoxy groups -OCH3 is 1. The fourth-order valence-electron chi connectivity index (χ4n) is 3.04. The van der Waals surface area contributed by atoms with E-state index in [1.165, 1.54) is 25.7 Å². The van der Waals surface area contributed by atoms with Crippen LogP contribution in [0.2, 0.25) is 0 Å². The van der Waals surface area contributed by atoms with Crippen LogP contribution in [0.4, 0.5) is 0 Å².